The van der Waals surface area contributed by atoms with Gasteiger partial charge >= 0.3 is 0 Å². The van der Waals surface area contributed by atoms with E-state index in [-0.39, 0.29) is 30.7 Å². The molecule has 2 aromatic rings. The van der Waals surface area contributed by atoms with Crippen LogP contribution in [-0.2, 0) is 0 Å². The highest BCUT2D eigenvalue weighted by atomic mass is 79.9. The summed E-state index contributed by atoms with van der Waals surface area (Å²) in [4.78, 5) is 19.5. The van der Waals surface area contributed by atoms with Crippen LogP contribution in [0.15, 0.2) is 28.7 Å². The molecular weight excluding hydrogens is 425 g/mol. The van der Waals surface area contributed by atoms with E-state index in [2.05, 4.69) is 26.2 Å². The van der Waals surface area contributed by atoms with Crippen LogP contribution in [0, 0.1) is 12.8 Å². The van der Waals surface area contributed by atoms with Crippen molar-refractivity contribution in [1.82, 2.24) is 15.2 Å². The first-order chi connectivity index (χ1) is 11.1. The number of hydrogen-bond donors (Lipinski definition) is 1. The zero-order chi connectivity index (χ0) is 16.4. The fourth-order valence-electron chi connectivity index (χ4n) is 3.31. The number of aromatic nitrogens is 1. The monoisotopic (exact) mass is 447 g/mol. The Labute approximate surface area is 169 Å². The van der Waals surface area contributed by atoms with Gasteiger partial charge in [0.25, 0.3) is 5.91 Å². The van der Waals surface area contributed by atoms with E-state index < -0.39 is 0 Å². The fraction of sp³-hybridized carbons (Fsp3) is 0.444. The SMILES string of the molecule is CNCC1CCN(C(=O)c2cc(C)nc3cc(Br)ccc23)CC1.Cl.Cl. The van der Waals surface area contributed by atoms with Gasteiger partial charge in [0.2, 0.25) is 0 Å². The number of likely N-dealkylation sites (tertiary alicyclic amines) is 1. The van der Waals surface area contributed by atoms with Gasteiger partial charge in [0.1, 0.15) is 0 Å². The van der Waals surface area contributed by atoms with Crippen molar-refractivity contribution in [3.63, 3.8) is 0 Å². The number of nitrogens with one attached hydrogen (secondary N) is 1. The molecule has 1 N–H and O–H groups in total. The molecule has 1 amide bonds. The molecule has 1 aromatic heterocycles. The molecule has 0 bridgehead atoms. The van der Waals surface area contributed by atoms with Gasteiger partial charge in [-0.05, 0) is 57.5 Å². The third-order valence-electron chi connectivity index (χ3n) is 4.52. The smallest absolute Gasteiger partial charge is 0.254 e. The van der Waals surface area contributed by atoms with Crippen molar-refractivity contribution in [2.75, 3.05) is 26.7 Å². The summed E-state index contributed by atoms with van der Waals surface area (Å²) in [5.41, 5.74) is 2.52. The Balaban J connectivity index is 0.00000156. The average molecular weight is 449 g/mol. The Morgan fingerprint density at radius 1 is 1.28 bits per heavy atom. The van der Waals surface area contributed by atoms with E-state index in [0.717, 1.165) is 59.1 Å². The number of halogens is 3. The third-order valence-corrected chi connectivity index (χ3v) is 5.02. The van der Waals surface area contributed by atoms with Crippen LogP contribution < -0.4 is 5.32 Å². The Morgan fingerprint density at radius 2 is 1.96 bits per heavy atom. The largest absolute Gasteiger partial charge is 0.339 e. The second kappa shape index (κ2) is 9.72. The van der Waals surface area contributed by atoms with Crippen LogP contribution >= 0.6 is 40.7 Å². The topological polar surface area (TPSA) is 45.2 Å². The molecule has 3 rings (SSSR count). The normalized spacial score (nSPS) is 14.8. The zero-order valence-corrected chi connectivity index (χ0v) is 17.6. The van der Waals surface area contributed by atoms with Crippen LogP contribution in [0.1, 0.15) is 28.9 Å². The molecule has 4 nitrogen and oxygen atoms in total. The molecule has 1 saturated heterocycles. The number of carbonyl (C=O) groups is 1. The lowest BCUT2D eigenvalue weighted by Gasteiger charge is -2.32. The van der Waals surface area contributed by atoms with Gasteiger partial charge in [-0.2, -0.15) is 0 Å². The zero-order valence-electron chi connectivity index (χ0n) is 14.4. The lowest BCUT2D eigenvalue weighted by molar-refractivity contribution is 0.0692. The second-order valence-electron chi connectivity index (χ2n) is 6.27. The van der Waals surface area contributed by atoms with Crippen molar-refractivity contribution >= 4 is 57.6 Å². The molecule has 2 heterocycles. The summed E-state index contributed by atoms with van der Waals surface area (Å²) in [6, 6.07) is 7.83. The van der Waals surface area contributed by atoms with E-state index in [4.69, 9.17) is 0 Å². The van der Waals surface area contributed by atoms with Gasteiger partial charge in [-0.1, -0.05) is 22.0 Å². The third kappa shape index (κ3) is 5.07. The number of aryl methyl sites for hydroxylation is 1. The lowest BCUT2D eigenvalue weighted by Crippen LogP contribution is -2.40. The van der Waals surface area contributed by atoms with E-state index in [1.165, 1.54) is 0 Å². The molecule has 0 radical (unpaired) electrons. The quantitative estimate of drug-likeness (QED) is 0.764. The summed E-state index contributed by atoms with van der Waals surface area (Å²) in [6.45, 7) is 4.65. The van der Waals surface area contributed by atoms with E-state index in [1.54, 1.807) is 0 Å². The van der Waals surface area contributed by atoms with E-state index in [0.29, 0.717) is 5.92 Å². The second-order valence-corrected chi connectivity index (χ2v) is 7.18. The molecule has 1 aromatic carbocycles. The lowest BCUT2D eigenvalue weighted by atomic mass is 9.96. The summed E-state index contributed by atoms with van der Waals surface area (Å²) in [6.07, 6.45) is 2.14. The highest BCUT2D eigenvalue weighted by molar-refractivity contribution is 9.10. The summed E-state index contributed by atoms with van der Waals surface area (Å²) >= 11 is 3.48. The molecule has 1 aliphatic rings. The van der Waals surface area contributed by atoms with Crippen molar-refractivity contribution < 1.29 is 4.79 Å². The van der Waals surface area contributed by atoms with E-state index in [9.17, 15) is 4.79 Å². The van der Waals surface area contributed by atoms with Crippen LogP contribution in [0.2, 0.25) is 0 Å². The molecule has 0 saturated carbocycles. The minimum atomic E-state index is 0. The molecule has 138 valence electrons. The number of piperidine rings is 1. The fourth-order valence-corrected chi connectivity index (χ4v) is 3.66. The predicted octanol–water partition coefficient (Wildman–Crippen LogP) is 4.22. The summed E-state index contributed by atoms with van der Waals surface area (Å²) in [5, 5.41) is 4.17. The number of rotatable bonds is 3. The Hall–Kier alpha value is -0.880. The van der Waals surface area contributed by atoms with Gasteiger partial charge in [0.15, 0.2) is 0 Å². The van der Waals surface area contributed by atoms with Gasteiger partial charge in [-0.15, -0.1) is 24.8 Å². The van der Waals surface area contributed by atoms with Gasteiger partial charge in [-0.25, -0.2) is 0 Å². The first-order valence-electron chi connectivity index (χ1n) is 8.09. The molecule has 0 unspecified atom stereocenters. The maximum atomic E-state index is 13.0. The Morgan fingerprint density at radius 3 is 2.60 bits per heavy atom. The van der Waals surface area contributed by atoms with Crippen LogP contribution in [0.25, 0.3) is 10.9 Å². The number of amides is 1. The van der Waals surface area contributed by atoms with Crippen molar-refractivity contribution in [1.29, 1.82) is 0 Å². The average Bonchev–Trinajstić information content (AvgIpc) is 2.54. The maximum Gasteiger partial charge on any atom is 0.254 e. The van der Waals surface area contributed by atoms with Gasteiger partial charge in [0, 0.05) is 28.6 Å². The van der Waals surface area contributed by atoms with Crippen LogP contribution in [0.4, 0.5) is 0 Å². The summed E-state index contributed by atoms with van der Waals surface area (Å²) in [7, 11) is 1.99. The van der Waals surface area contributed by atoms with E-state index in [1.807, 2.05) is 43.1 Å². The van der Waals surface area contributed by atoms with Crippen LogP contribution in [-0.4, -0.2) is 42.5 Å². The maximum absolute atomic E-state index is 13.0. The Kier molecular flexibility index (Phi) is 8.61. The van der Waals surface area contributed by atoms with Crippen molar-refractivity contribution in [3.05, 3.63) is 40.0 Å². The van der Waals surface area contributed by atoms with Crippen molar-refractivity contribution in [3.8, 4) is 0 Å². The van der Waals surface area contributed by atoms with Crippen molar-refractivity contribution in [2.24, 2.45) is 5.92 Å². The first-order valence-corrected chi connectivity index (χ1v) is 8.88. The molecular formula is C18H24BrCl2N3O. The number of fused-ring (bicyclic) bond motifs is 1. The molecule has 7 heteroatoms. The predicted molar refractivity (Wildman–Crippen MR) is 111 cm³/mol. The van der Waals surface area contributed by atoms with Gasteiger partial charge < -0.3 is 10.2 Å². The number of benzene rings is 1. The number of hydrogen-bond acceptors (Lipinski definition) is 3. The number of carbonyl (C=O) groups excluding carboxylic acids is 1. The van der Waals surface area contributed by atoms with Gasteiger partial charge in [-0.3, -0.25) is 9.78 Å². The molecule has 0 spiro atoms. The van der Waals surface area contributed by atoms with Crippen molar-refractivity contribution in [2.45, 2.75) is 19.8 Å². The molecule has 0 atom stereocenters. The highest BCUT2D eigenvalue weighted by Crippen LogP contribution is 2.25. The highest BCUT2D eigenvalue weighted by Gasteiger charge is 2.24. The summed E-state index contributed by atoms with van der Waals surface area (Å²) in [5.74, 6) is 0.807. The molecule has 0 aliphatic carbocycles. The minimum Gasteiger partial charge on any atom is -0.339 e. The standard InChI is InChI=1S/C18H22BrN3O.2ClH/c1-12-9-16(15-4-3-14(19)10-17(15)21-12)18(23)22-7-5-13(6-8-22)11-20-2;;/h3-4,9-10,13,20H,5-8,11H2,1-2H3;2*1H. The van der Waals surface area contributed by atoms with Gasteiger partial charge in [0.05, 0.1) is 11.1 Å². The van der Waals surface area contributed by atoms with E-state index >= 15 is 0 Å². The molecule has 1 fully saturated rings. The number of nitrogens with zero attached hydrogens (tertiary/aromatic N) is 2. The molecule has 1 aliphatic heterocycles. The first kappa shape index (κ1) is 22.2. The molecule has 25 heavy (non-hydrogen) atoms. The van der Waals surface area contributed by atoms with Crippen LogP contribution in [0.3, 0.4) is 0 Å². The summed E-state index contributed by atoms with van der Waals surface area (Å²) < 4.78 is 0.981. The number of pyridine rings is 1. The Bertz CT molecular complexity index is 728. The van der Waals surface area contributed by atoms with Crippen LogP contribution in [0.5, 0.6) is 0 Å². The minimum absolute atomic E-state index is 0.